The fourth-order valence-electron chi connectivity index (χ4n) is 2.94. The van der Waals surface area contributed by atoms with Crippen LogP contribution < -0.4 is 15.4 Å². The van der Waals surface area contributed by atoms with Gasteiger partial charge in [-0.25, -0.2) is 0 Å². The number of fused-ring (bicyclic) bond motifs is 1. The summed E-state index contributed by atoms with van der Waals surface area (Å²) < 4.78 is 11.3. The molecule has 3 atom stereocenters. The van der Waals surface area contributed by atoms with Crippen LogP contribution in [-0.2, 0) is 9.53 Å². The van der Waals surface area contributed by atoms with Crippen molar-refractivity contribution in [2.24, 2.45) is 0 Å². The standard InChI is InChI=1S/C16H22N2O3/c1-9-4-5-12-13(8-21-15(12)10(9)2)18-16(19)14-11(3)20-7-6-17-14/h4-5,11,13-14,17H,6-8H2,1-3H3,(H,18,19)/t11-,13?,14+/m1/s1. The van der Waals surface area contributed by atoms with Crippen molar-refractivity contribution in [1.29, 1.82) is 0 Å². The Kier molecular flexibility index (Phi) is 3.87. The highest BCUT2D eigenvalue weighted by atomic mass is 16.5. The Bertz CT molecular complexity index is 559. The minimum atomic E-state index is -0.297. The van der Waals surface area contributed by atoms with Crippen molar-refractivity contribution in [2.45, 2.75) is 39.0 Å². The van der Waals surface area contributed by atoms with Crippen LogP contribution in [0.25, 0.3) is 0 Å². The van der Waals surface area contributed by atoms with Crippen LogP contribution in [-0.4, -0.2) is 37.8 Å². The van der Waals surface area contributed by atoms with Gasteiger partial charge in [0.25, 0.3) is 0 Å². The Labute approximate surface area is 125 Å². The van der Waals surface area contributed by atoms with Crippen LogP contribution >= 0.6 is 0 Å². The maximum absolute atomic E-state index is 12.4. The highest BCUT2D eigenvalue weighted by molar-refractivity contribution is 5.83. The molecule has 0 aromatic heterocycles. The molecule has 1 amide bonds. The molecule has 0 bridgehead atoms. The van der Waals surface area contributed by atoms with E-state index in [9.17, 15) is 4.79 Å². The lowest BCUT2D eigenvalue weighted by Crippen LogP contribution is -2.56. The van der Waals surface area contributed by atoms with Gasteiger partial charge in [0.05, 0.1) is 18.8 Å². The monoisotopic (exact) mass is 290 g/mol. The maximum atomic E-state index is 12.4. The molecule has 1 saturated heterocycles. The van der Waals surface area contributed by atoms with E-state index < -0.39 is 0 Å². The molecule has 21 heavy (non-hydrogen) atoms. The van der Waals surface area contributed by atoms with E-state index in [1.54, 1.807) is 0 Å². The summed E-state index contributed by atoms with van der Waals surface area (Å²) in [6.45, 7) is 7.89. The van der Waals surface area contributed by atoms with Gasteiger partial charge < -0.3 is 20.1 Å². The molecule has 2 N–H and O–H groups in total. The first-order valence-corrected chi connectivity index (χ1v) is 7.46. The summed E-state index contributed by atoms with van der Waals surface area (Å²) in [7, 11) is 0. The molecule has 114 valence electrons. The van der Waals surface area contributed by atoms with Crippen molar-refractivity contribution >= 4 is 5.91 Å². The number of morpholine rings is 1. The number of aryl methyl sites for hydroxylation is 1. The van der Waals surface area contributed by atoms with Crippen LogP contribution in [0.1, 0.15) is 29.7 Å². The first-order valence-electron chi connectivity index (χ1n) is 7.46. The van der Waals surface area contributed by atoms with Crippen molar-refractivity contribution in [3.8, 4) is 5.75 Å². The van der Waals surface area contributed by atoms with Crippen LogP contribution in [0.5, 0.6) is 5.75 Å². The first-order chi connectivity index (χ1) is 10.1. The second-order valence-electron chi connectivity index (χ2n) is 5.81. The van der Waals surface area contributed by atoms with Crippen molar-refractivity contribution in [1.82, 2.24) is 10.6 Å². The number of hydrogen-bond donors (Lipinski definition) is 2. The molecule has 5 heteroatoms. The number of ether oxygens (including phenoxy) is 2. The Morgan fingerprint density at radius 3 is 2.95 bits per heavy atom. The Hall–Kier alpha value is -1.59. The summed E-state index contributed by atoms with van der Waals surface area (Å²) >= 11 is 0. The van der Waals surface area contributed by atoms with E-state index in [-0.39, 0.29) is 24.1 Å². The van der Waals surface area contributed by atoms with Gasteiger partial charge in [0.1, 0.15) is 18.4 Å². The largest absolute Gasteiger partial charge is 0.490 e. The number of hydrogen-bond acceptors (Lipinski definition) is 4. The zero-order chi connectivity index (χ0) is 15.0. The smallest absolute Gasteiger partial charge is 0.240 e. The van der Waals surface area contributed by atoms with Gasteiger partial charge in [-0.15, -0.1) is 0 Å². The van der Waals surface area contributed by atoms with Crippen molar-refractivity contribution in [2.75, 3.05) is 19.8 Å². The molecule has 0 radical (unpaired) electrons. The third-order valence-corrected chi connectivity index (χ3v) is 4.39. The molecule has 1 fully saturated rings. The topological polar surface area (TPSA) is 59.6 Å². The Morgan fingerprint density at radius 2 is 2.19 bits per heavy atom. The Balaban J connectivity index is 1.73. The first kappa shape index (κ1) is 14.4. The number of benzene rings is 1. The van der Waals surface area contributed by atoms with Crippen LogP contribution in [0.3, 0.4) is 0 Å². The van der Waals surface area contributed by atoms with E-state index in [0.29, 0.717) is 19.8 Å². The van der Waals surface area contributed by atoms with Gasteiger partial charge in [-0.3, -0.25) is 4.79 Å². The number of carbonyl (C=O) groups excluding carboxylic acids is 1. The lowest BCUT2D eigenvalue weighted by molar-refractivity contribution is -0.129. The summed E-state index contributed by atoms with van der Waals surface area (Å²) in [6.07, 6.45) is -0.111. The van der Waals surface area contributed by atoms with Gasteiger partial charge in [0.2, 0.25) is 5.91 Å². The minimum Gasteiger partial charge on any atom is -0.490 e. The number of carbonyl (C=O) groups is 1. The number of rotatable bonds is 2. The average molecular weight is 290 g/mol. The normalized spacial score (nSPS) is 27.9. The average Bonchev–Trinajstić information content (AvgIpc) is 2.87. The molecule has 1 unspecified atom stereocenters. The zero-order valence-corrected chi connectivity index (χ0v) is 12.7. The molecule has 1 aromatic carbocycles. The third-order valence-electron chi connectivity index (χ3n) is 4.39. The van der Waals surface area contributed by atoms with Gasteiger partial charge in [0.15, 0.2) is 0 Å². The van der Waals surface area contributed by atoms with E-state index >= 15 is 0 Å². The molecule has 0 aliphatic carbocycles. The number of nitrogens with one attached hydrogen (secondary N) is 2. The fraction of sp³-hybridized carbons (Fsp3) is 0.562. The number of amides is 1. The minimum absolute atomic E-state index is 0.0260. The molecule has 2 heterocycles. The zero-order valence-electron chi connectivity index (χ0n) is 12.7. The second-order valence-corrected chi connectivity index (χ2v) is 5.81. The molecule has 5 nitrogen and oxygen atoms in total. The molecule has 0 saturated carbocycles. The van der Waals surface area contributed by atoms with Gasteiger partial charge in [-0.05, 0) is 31.9 Å². The lowest BCUT2D eigenvalue weighted by Gasteiger charge is -2.30. The van der Waals surface area contributed by atoms with E-state index in [1.165, 1.54) is 5.56 Å². The molecule has 0 spiro atoms. The van der Waals surface area contributed by atoms with Gasteiger partial charge >= 0.3 is 0 Å². The van der Waals surface area contributed by atoms with E-state index in [1.807, 2.05) is 13.0 Å². The summed E-state index contributed by atoms with van der Waals surface area (Å²) in [5.41, 5.74) is 3.42. The second kappa shape index (κ2) is 5.66. The Morgan fingerprint density at radius 1 is 1.38 bits per heavy atom. The molecule has 2 aliphatic rings. The van der Waals surface area contributed by atoms with Gasteiger partial charge in [0, 0.05) is 12.1 Å². The summed E-state index contributed by atoms with van der Waals surface area (Å²) in [4.78, 5) is 12.4. The lowest BCUT2D eigenvalue weighted by atomic mass is 10.0. The van der Waals surface area contributed by atoms with Gasteiger partial charge in [-0.1, -0.05) is 12.1 Å². The summed E-state index contributed by atoms with van der Waals surface area (Å²) in [5.74, 6) is 0.892. The maximum Gasteiger partial charge on any atom is 0.240 e. The van der Waals surface area contributed by atoms with Crippen LogP contribution in [0.4, 0.5) is 0 Å². The molecular weight excluding hydrogens is 268 g/mol. The van der Waals surface area contributed by atoms with Crippen LogP contribution in [0.15, 0.2) is 12.1 Å². The highest BCUT2D eigenvalue weighted by Crippen LogP contribution is 2.36. The van der Waals surface area contributed by atoms with Crippen LogP contribution in [0, 0.1) is 13.8 Å². The van der Waals surface area contributed by atoms with Crippen molar-refractivity contribution < 1.29 is 14.3 Å². The highest BCUT2D eigenvalue weighted by Gasteiger charge is 2.33. The van der Waals surface area contributed by atoms with E-state index in [2.05, 4.69) is 30.5 Å². The molecule has 1 aromatic rings. The summed E-state index contributed by atoms with van der Waals surface area (Å²) in [5, 5.41) is 6.28. The quantitative estimate of drug-likeness (QED) is 0.860. The van der Waals surface area contributed by atoms with E-state index in [0.717, 1.165) is 16.9 Å². The molecular formula is C16H22N2O3. The SMILES string of the molecule is Cc1ccc2c(c1C)OCC2NC(=O)[C@H]1NCCO[C@@H]1C. The van der Waals surface area contributed by atoms with E-state index in [4.69, 9.17) is 9.47 Å². The van der Waals surface area contributed by atoms with Crippen molar-refractivity contribution in [3.63, 3.8) is 0 Å². The molecule has 2 aliphatic heterocycles. The molecule has 3 rings (SSSR count). The fourth-order valence-corrected chi connectivity index (χ4v) is 2.94. The van der Waals surface area contributed by atoms with Gasteiger partial charge in [-0.2, -0.15) is 0 Å². The van der Waals surface area contributed by atoms with Crippen molar-refractivity contribution in [3.05, 3.63) is 28.8 Å². The third kappa shape index (κ3) is 2.63. The summed E-state index contributed by atoms with van der Waals surface area (Å²) in [6, 6.07) is 3.74. The predicted molar refractivity (Wildman–Crippen MR) is 79.5 cm³/mol. The van der Waals surface area contributed by atoms with Crippen LogP contribution in [0.2, 0.25) is 0 Å². The predicted octanol–water partition coefficient (Wildman–Crippen LogP) is 1.23.